The van der Waals surface area contributed by atoms with Crippen molar-refractivity contribution in [2.24, 2.45) is 0 Å². The molecule has 0 bridgehead atoms. The zero-order valence-corrected chi connectivity index (χ0v) is 18.4. The standard InChI is InChI=1S/C20H19F3N2O7S/c1-31-18(27)12-7-8-15(19(28)32-2)16(9-12)24-17(26)11-25(33(3,29)30)14-6-4-5-13(10-14)20(21,22)23/h4-10H,11H2,1-3H3,(H,24,26). The fourth-order valence-corrected chi connectivity index (χ4v) is 3.59. The summed E-state index contributed by atoms with van der Waals surface area (Å²) in [6.45, 7) is -0.913. The summed E-state index contributed by atoms with van der Waals surface area (Å²) >= 11 is 0. The van der Waals surface area contributed by atoms with E-state index in [1.807, 2.05) is 0 Å². The molecule has 0 spiro atoms. The summed E-state index contributed by atoms with van der Waals surface area (Å²) in [7, 11) is -1.98. The second-order valence-corrected chi connectivity index (χ2v) is 8.52. The highest BCUT2D eigenvalue weighted by Crippen LogP contribution is 2.32. The van der Waals surface area contributed by atoms with Crippen molar-refractivity contribution in [1.82, 2.24) is 0 Å². The number of rotatable bonds is 7. The zero-order valence-electron chi connectivity index (χ0n) is 17.6. The van der Waals surface area contributed by atoms with Gasteiger partial charge in [0.25, 0.3) is 0 Å². The van der Waals surface area contributed by atoms with Crippen molar-refractivity contribution in [1.29, 1.82) is 0 Å². The van der Waals surface area contributed by atoms with Gasteiger partial charge in [-0.2, -0.15) is 13.2 Å². The van der Waals surface area contributed by atoms with Crippen LogP contribution in [0.4, 0.5) is 24.5 Å². The van der Waals surface area contributed by atoms with Crippen molar-refractivity contribution >= 4 is 39.2 Å². The number of methoxy groups -OCH3 is 2. The number of amides is 1. The monoisotopic (exact) mass is 488 g/mol. The molecule has 1 N–H and O–H groups in total. The third-order valence-electron chi connectivity index (χ3n) is 4.27. The molecule has 0 atom stereocenters. The number of nitrogens with zero attached hydrogens (tertiary/aromatic N) is 1. The van der Waals surface area contributed by atoms with Gasteiger partial charge in [-0.1, -0.05) is 6.07 Å². The molecule has 33 heavy (non-hydrogen) atoms. The lowest BCUT2D eigenvalue weighted by molar-refractivity contribution is -0.137. The minimum atomic E-state index is -4.73. The summed E-state index contributed by atoms with van der Waals surface area (Å²) in [4.78, 5) is 36.4. The molecule has 0 radical (unpaired) electrons. The lowest BCUT2D eigenvalue weighted by Crippen LogP contribution is -2.37. The highest BCUT2D eigenvalue weighted by atomic mass is 32.2. The summed E-state index contributed by atoms with van der Waals surface area (Å²) < 4.78 is 73.2. The van der Waals surface area contributed by atoms with Crippen molar-refractivity contribution in [3.8, 4) is 0 Å². The SMILES string of the molecule is COC(=O)c1ccc(C(=O)OC)c(NC(=O)CN(c2cccc(C(F)(F)F)c2)S(C)(=O)=O)c1. The maximum absolute atomic E-state index is 13.0. The maximum Gasteiger partial charge on any atom is 0.416 e. The van der Waals surface area contributed by atoms with Gasteiger partial charge in [0, 0.05) is 0 Å². The zero-order chi connectivity index (χ0) is 25.0. The molecule has 0 aliphatic carbocycles. The average Bonchev–Trinajstić information content (AvgIpc) is 2.75. The van der Waals surface area contributed by atoms with Crippen molar-refractivity contribution in [2.75, 3.05) is 36.6 Å². The van der Waals surface area contributed by atoms with Crippen molar-refractivity contribution < 1.29 is 45.4 Å². The number of carbonyl (C=O) groups is 3. The number of ether oxygens (including phenoxy) is 2. The summed E-state index contributed by atoms with van der Waals surface area (Å²) in [6, 6.07) is 7.00. The van der Waals surface area contributed by atoms with E-state index in [0.29, 0.717) is 10.4 Å². The van der Waals surface area contributed by atoms with E-state index in [9.17, 15) is 36.0 Å². The van der Waals surface area contributed by atoms with Crippen LogP contribution in [0, 0.1) is 0 Å². The Bertz CT molecular complexity index is 1180. The van der Waals surface area contributed by atoms with E-state index in [1.54, 1.807) is 0 Å². The normalized spacial score (nSPS) is 11.5. The van der Waals surface area contributed by atoms with Gasteiger partial charge in [0.2, 0.25) is 15.9 Å². The minimum Gasteiger partial charge on any atom is -0.465 e. The summed E-state index contributed by atoms with van der Waals surface area (Å²) in [5, 5.41) is 2.29. The van der Waals surface area contributed by atoms with Gasteiger partial charge in [-0.15, -0.1) is 0 Å². The van der Waals surface area contributed by atoms with Crippen LogP contribution in [0.3, 0.4) is 0 Å². The number of halogens is 3. The first kappa shape index (κ1) is 25.6. The van der Waals surface area contributed by atoms with Crippen molar-refractivity contribution in [3.05, 3.63) is 59.2 Å². The Hall–Kier alpha value is -3.61. The third-order valence-corrected chi connectivity index (χ3v) is 5.41. The molecule has 13 heteroatoms. The molecule has 0 heterocycles. The first-order chi connectivity index (χ1) is 15.3. The number of sulfonamides is 1. The van der Waals surface area contributed by atoms with E-state index in [2.05, 4.69) is 14.8 Å². The fourth-order valence-electron chi connectivity index (χ4n) is 2.74. The van der Waals surface area contributed by atoms with Crippen LogP contribution in [-0.2, 0) is 30.5 Å². The first-order valence-electron chi connectivity index (χ1n) is 9.03. The minimum absolute atomic E-state index is 0.0294. The number of nitrogens with one attached hydrogen (secondary N) is 1. The topological polar surface area (TPSA) is 119 Å². The molecule has 9 nitrogen and oxygen atoms in total. The van der Waals surface area contributed by atoms with Gasteiger partial charge in [0.15, 0.2) is 0 Å². The van der Waals surface area contributed by atoms with Crippen LogP contribution in [0.5, 0.6) is 0 Å². The molecule has 2 rings (SSSR count). The number of hydrogen-bond acceptors (Lipinski definition) is 7. The van der Waals surface area contributed by atoms with Gasteiger partial charge in [-0.05, 0) is 36.4 Å². The molecule has 178 valence electrons. The van der Waals surface area contributed by atoms with E-state index in [4.69, 9.17) is 0 Å². The first-order valence-corrected chi connectivity index (χ1v) is 10.9. The van der Waals surface area contributed by atoms with Gasteiger partial charge in [0.05, 0.1) is 48.5 Å². The Morgan fingerprint density at radius 1 is 1.00 bits per heavy atom. The van der Waals surface area contributed by atoms with Crippen LogP contribution in [-0.4, -0.2) is 53.3 Å². The van der Waals surface area contributed by atoms with E-state index >= 15 is 0 Å². The van der Waals surface area contributed by atoms with Crippen molar-refractivity contribution in [3.63, 3.8) is 0 Å². The van der Waals surface area contributed by atoms with Crippen LogP contribution in [0.1, 0.15) is 26.3 Å². The predicted octanol–water partition coefficient (Wildman–Crippen LogP) is 2.68. The molecule has 0 unspecified atom stereocenters. The Morgan fingerprint density at radius 2 is 1.64 bits per heavy atom. The van der Waals surface area contributed by atoms with Gasteiger partial charge < -0.3 is 14.8 Å². The van der Waals surface area contributed by atoms with E-state index in [0.717, 1.165) is 44.7 Å². The van der Waals surface area contributed by atoms with Gasteiger partial charge >= 0.3 is 18.1 Å². The Labute approximate surface area is 187 Å². The molecule has 0 saturated heterocycles. The van der Waals surface area contributed by atoms with Crippen molar-refractivity contribution in [2.45, 2.75) is 6.18 Å². The molecule has 0 fully saturated rings. The van der Waals surface area contributed by atoms with Crippen LogP contribution in [0.15, 0.2) is 42.5 Å². The second kappa shape index (κ2) is 9.90. The quantitative estimate of drug-likeness (QED) is 0.595. The average molecular weight is 488 g/mol. The molecule has 2 aromatic rings. The number of anilines is 2. The maximum atomic E-state index is 13.0. The number of alkyl halides is 3. The van der Waals surface area contributed by atoms with Crippen LogP contribution >= 0.6 is 0 Å². The second-order valence-electron chi connectivity index (χ2n) is 6.61. The van der Waals surface area contributed by atoms with Gasteiger partial charge in [0.1, 0.15) is 6.54 Å². The van der Waals surface area contributed by atoms with Gasteiger partial charge in [-0.3, -0.25) is 9.10 Å². The predicted molar refractivity (Wildman–Crippen MR) is 111 cm³/mol. The summed E-state index contributed by atoms with van der Waals surface area (Å²) in [5.41, 5.74) is -1.86. The third kappa shape index (κ3) is 6.44. The number of benzene rings is 2. The largest absolute Gasteiger partial charge is 0.465 e. The molecule has 2 aromatic carbocycles. The van der Waals surface area contributed by atoms with E-state index < -0.39 is 46.2 Å². The Kier molecular flexibility index (Phi) is 7.69. The molecular formula is C20H19F3N2O7S. The fraction of sp³-hybridized carbons (Fsp3) is 0.250. The van der Waals surface area contributed by atoms with E-state index in [1.165, 1.54) is 12.1 Å². The molecular weight excluding hydrogens is 469 g/mol. The summed E-state index contributed by atoms with van der Waals surface area (Å²) in [5.74, 6) is -2.63. The molecule has 0 aliphatic heterocycles. The Balaban J connectivity index is 2.41. The molecule has 0 aromatic heterocycles. The number of carbonyl (C=O) groups excluding carboxylic acids is 3. The van der Waals surface area contributed by atoms with E-state index in [-0.39, 0.29) is 22.5 Å². The lowest BCUT2D eigenvalue weighted by Gasteiger charge is -2.23. The summed E-state index contributed by atoms with van der Waals surface area (Å²) in [6.07, 6.45) is -4.01. The highest BCUT2D eigenvalue weighted by molar-refractivity contribution is 7.92. The van der Waals surface area contributed by atoms with Crippen LogP contribution < -0.4 is 9.62 Å². The lowest BCUT2D eigenvalue weighted by atomic mass is 10.1. The van der Waals surface area contributed by atoms with Crippen LogP contribution in [0.25, 0.3) is 0 Å². The molecule has 0 aliphatic rings. The molecule has 0 saturated carbocycles. The van der Waals surface area contributed by atoms with Crippen LogP contribution in [0.2, 0.25) is 0 Å². The molecule has 1 amide bonds. The van der Waals surface area contributed by atoms with Gasteiger partial charge in [-0.25, -0.2) is 18.0 Å². The number of hydrogen-bond donors (Lipinski definition) is 1. The Morgan fingerprint density at radius 3 is 2.18 bits per heavy atom. The number of esters is 2. The smallest absolute Gasteiger partial charge is 0.416 e. The highest BCUT2D eigenvalue weighted by Gasteiger charge is 2.32.